The van der Waals surface area contributed by atoms with Crippen molar-refractivity contribution in [2.45, 2.75) is 6.54 Å². The third kappa shape index (κ3) is 3.11. The summed E-state index contributed by atoms with van der Waals surface area (Å²) in [4.78, 5) is 19.5. The molecule has 0 atom stereocenters. The fourth-order valence-electron chi connectivity index (χ4n) is 1.92. The van der Waals surface area contributed by atoms with Crippen LogP contribution in [0.4, 0.5) is 0 Å². The van der Waals surface area contributed by atoms with E-state index in [2.05, 4.69) is 25.5 Å². The largest absolute Gasteiger partial charge is 0.348 e. The molecule has 1 aromatic carbocycles. The van der Waals surface area contributed by atoms with Gasteiger partial charge in [-0.3, -0.25) is 9.89 Å². The minimum atomic E-state index is -0.187. The predicted molar refractivity (Wildman–Crippen MR) is 77.2 cm³/mol. The van der Waals surface area contributed by atoms with Crippen molar-refractivity contribution >= 4 is 5.91 Å². The van der Waals surface area contributed by atoms with Gasteiger partial charge in [-0.1, -0.05) is 24.3 Å². The van der Waals surface area contributed by atoms with Gasteiger partial charge in [0.15, 0.2) is 0 Å². The third-order valence-electron chi connectivity index (χ3n) is 3.04. The van der Waals surface area contributed by atoms with Crippen LogP contribution in [-0.4, -0.2) is 26.1 Å². The Balaban J connectivity index is 1.62. The molecule has 1 amide bonds. The van der Waals surface area contributed by atoms with E-state index in [-0.39, 0.29) is 5.91 Å². The summed E-state index contributed by atoms with van der Waals surface area (Å²) in [5.41, 5.74) is 3.49. The van der Waals surface area contributed by atoms with Crippen LogP contribution in [0.1, 0.15) is 15.9 Å². The van der Waals surface area contributed by atoms with Gasteiger partial charge in [0.05, 0.1) is 11.3 Å². The lowest BCUT2D eigenvalue weighted by Crippen LogP contribution is -2.22. The Labute approximate surface area is 121 Å². The van der Waals surface area contributed by atoms with Crippen LogP contribution in [0.15, 0.2) is 55.2 Å². The highest BCUT2D eigenvalue weighted by Crippen LogP contribution is 2.16. The van der Waals surface area contributed by atoms with Crippen LogP contribution in [-0.2, 0) is 6.54 Å². The summed E-state index contributed by atoms with van der Waals surface area (Å²) in [7, 11) is 0. The van der Waals surface area contributed by atoms with Crippen LogP contribution < -0.4 is 5.32 Å². The van der Waals surface area contributed by atoms with Crippen LogP contribution in [0.5, 0.6) is 0 Å². The van der Waals surface area contributed by atoms with Crippen molar-refractivity contribution in [3.63, 3.8) is 0 Å². The van der Waals surface area contributed by atoms with Crippen molar-refractivity contribution < 1.29 is 4.79 Å². The number of carbonyl (C=O) groups is 1. The van der Waals surface area contributed by atoms with E-state index in [4.69, 9.17) is 0 Å². The highest BCUT2D eigenvalue weighted by Gasteiger charge is 2.05. The molecule has 0 aliphatic heterocycles. The summed E-state index contributed by atoms with van der Waals surface area (Å²) in [5, 5.41) is 9.66. The molecule has 2 heterocycles. The number of benzene rings is 1. The average molecular weight is 279 g/mol. The Bertz CT molecular complexity index is 708. The topological polar surface area (TPSA) is 83.6 Å². The molecule has 21 heavy (non-hydrogen) atoms. The molecule has 0 spiro atoms. The average Bonchev–Trinajstić information content (AvgIpc) is 3.08. The standard InChI is InChI=1S/C15H13N5O/c21-15(13-8-16-10-17-9-13)18-7-11-1-3-12(4-2-11)14-5-6-19-20-14/h1-6,8-10H,7H2,(H,18,21)(H,19,20). The second kappa shape index (κ2) is 5.96. The number of hydrogen-bond donors (Lipinski definition) is 2. The Kier molecular flexibility index (Phi) is 3.68. The lowest BCUT2D eigenvalue weighted by atomic mass is 10.1. The van der Waals surface area contributed by atoms with Crippen LogP contribution in [0.25, 0.3) is 11.3 Å². The molecule has 2 aromatic heterocycles. The molecule has 3 rings (SSSR count). The van der Waals surface area contributed by atoms with E-state index in [9.17, 15) is 4.79 Å². The van der Waals surface area contributed by atoms with Gasteiger partial charge < -0.3 is 5.32 Å². The van der Waals surface area contributed by atoms with Gasteiger partial charge >= 0.3 is 0 Å². The van der Waals surface area contributed by atoms with Crippen molar-refractivity contribution in [1.82, 2.24) is 25.5 Å². The first-order valence-electron chi connectivity index (χ1n) is 6.45. The van der Waals surface area contributed by atoms with E-state index in [0.717, 1.165) is 16.8 Å². The molecule has 3 aromatic rings. The van der Waals surface area contributed by atoms with Crippen LogP contribution in [0.3, 0.4) is 0 Å². The van der Waals surface area contributed by atoms with Crippen molar-refractivity contribution in [3.8, 4) is 11.3 Å². The molecular weight excluding hydrogens is 266 g/mol. The number of nitrogens with zero attached hydrogens (tertiary/aromatic N) is 3. The first-order valence-corrected chi connectivity index (χ1v) is 6.45. The van der Waals surface area contributed by atoms with Gasteiger partial charge in [0.25, 0.3) is 5.91 Å². The molecule has 0 aliphatic carbocycles. The second-order valence-corrected chi connectivity index (χ2v) is 4.48. The maximum atomic E-state index is 11.9. The summed E-state index contributed by atoms with van der Waals surface area (Å²) in [6.07, 6.45) is 6.09. The Morgan fingerprint density at radius 3 is 2.52 bits per heavy atom. The maximum absolute atomic E-state index is 11.9. The molecular formula is C15H13N5O. The summed E-state index contributed by atoms with van der Waals surface area (Å²) in [6.45, 7) is 0.455. The summed E-state index contributed by atoms with van der Waals surface area (Å²) < 4.78 is 0. The van der Waals surface area contributed by atoms with Crippen LogP contribution in [0, 0.1) is 0 Å². The highest BCUT2D eigenvalue weighted by atomic mass is 16.1. The van der Waals surface area contributed by atoms with E-state index < -0.39 is 0 Å². The molecule has 0 radical (unpaired) electrons. The minimum Gasteiger partial charge on any atom is -0.348 e. The van der Waals surface area contributed by atoms with Gasteiger partial charge in [0.1, 0.15) is 6.33 Å². The van der Waals surface area contributed by atoms with Crippen molar-refractivity contribution in [3.05, 3.63) is 66.4 Å². The number of hydrogen-bond acceptors (Lipinski definition) is 4. The predicted octanol–water partition coefficient (Wildman–Crippen LogP) is 1.80. The number of amides is 1. The Hall–Kier alpha value is -3.02. The quantitative estimate of drug-likeness (QED) is 0.762. The summed E-state index contributed by atoms with van der Waals surface area (Å²) >= 11 is 0. The number of nitrogens with one attached hydrogen (secondary N) is 2. The number of aromatic amines is 1. The van der Waals surface area contributed by atoms with Crippen molar-refractivity contribution in [2.75, 3.05) is 0 Å². The fraction of sp³-hybridized carbons (Fsp3) is 0.0667. The van der Waals surface area contributed by atoms with E-state index >= 15 is 0 Å². The van der Waals surface area contributed by atoms with Crippen LogP contribution >= 0.6 is 0 Å². The molecule has 0 fully saturated rings. The zero-order valence-corrected chi connectivity index (χ0v) is 11.2. The smallest absolute Gasteiger partial charge is 0.254 e. The zero-order chi connectivity index (χ0) is 14.5. The van der Waals surface area contributed by atoms with Gasteiger partial charge in [-0.15, -0.1) is 0 Å². The fourth-order valence-corrected chi connectivity index (χ4v) is 1.92. The molecule has 6 nitrogen and oxygen atoms in total. The number of carbonyl (C=O) groups excluding carboxylic acids is 1. The van der Waals surface area contributed by atoms with Gasteiger partial charge in [-0.2, -0.15) is 5.10 Å². The summed E-state index contributed by atoms with van der Waals surface area (Å²) in [6, 6.07) is 9.82. The zero-order valence-electron chi connectivity index (χ0n) is 11.2. The first kappa shape index (κ1) is 13.0. The molecule has 0 saturated heterocycles. The molecule has 104 valence electrons. The molecule has 0 bridgehead atoms. The van der Waals surface area contributed by atoms with Crippen molar-refractivity contribution in [2.24, 2.45) is 0 Å². The Morgan fingerprint density at radius 1 is 1.10 bits per heavy atom. The second-order valence-electron chi connectivity index (χ2n) is 4.48. The molecule has 2 N–H and O–H groups in total. The lowest BCUT2D eigenvalue weighted by molar-refractivity contribution is 0.0950. The lowest BCUT2D eigenvalue weighted by Gasteiger charge is -2.05. The number of H-pyrrole nitrogens is 1. The van der Waals surface area contributed by atoms with E-state index in [1.54, 1.807) is 6.20 Å². The maximum Gasteiger partial charge on any atom is 0.254 e. The van der Waals surface area contributed by atoms with Gasteiger partial charge in [-0.05, 0) is 17.2 Å². The third-order valence-corrected chi connectivity index (χ3v) is 3.04. The van der Waals surface area contributed by atoms with Crippen molar-refractivity contribution in [1.29, 1.82) is 0 Å². The monoisotopic (exact) mass is 279 g/mol. The molecule has 0 aliphatic rings. The van der Waals surface area contributed by atoms with Gasteiger partial charge in [0, 0.05) is 25.1 Å². The van der Waals surface area contributed by atoms with Gasteiger partial charge in [0.2, 0.25) is 0 Å². The van der Waals surface area contributed by atoms with Gasteiger partial charge in [-0.25, -0.2) is 9.97 Å². The van der Waals surface area contributed by atoms with E-state index in [1.807, 2.05) is 30.3 Å². The minimum absolute atomic E-state index is 0.187. The normalized spacial score (nSPS) is 10.3. The molecule has 6 heteroatoms. The number of rotatable bonds is 4. The first-order chi connectivity index (χ1) is 10.3. The Morgan fingerprint density at radius 2 is 1.86 bits per heavy atom. The molecule has 0 unspecified atom stereocenters. The highest BCUT2D eigenvalue weighted by molar-refractivity contribution is 5.93. The van der Waals surface area contributed by atoms with E-state index in [1.165, 1.54) is 18.7 Å². The van der Waals surface area contributed by atoms with E-state index in [0.29, 0.717) is 12.1 Å². The SMILES string of the molecule is O=C(NCc1ccc(-c2ccn[nH]2)cc1)c1cncnc1. The summed E-state index contributed by atoms with van der Waals surface area (Å²) in [5.74, 6) is -0.187. The molecule has 0 saturated carbocycles. The number of aromatic nitrogens is 4. The van der Waals surface area contributed by atoms with Crippen LogP contribution in [0.2, 0.25) is 0 Å².